The number of aromatic nitrogens is 1. The number of nitrogens with one attached hydrogen (secondary N) is 2. The van der Waals surface area contributed by atoms with Crippen LogP contribution in [0, 0.1) is 6.92 Å². The Hall–Kier alpha value is -3.65. The van der Waals surface area contributed by atoms with Gasteiger partial charge in [0.25, 0.3) is 0 Å². The molecule has 1 saturated heterocycles. The van der Waals surface area contributed by atoms with Gasteiger partial charge in [0, 0.05) is 56.8 Å². The number of amides is 3. The van der Waals surface area contributed by atoms with Gasteiger partial charge in [-0.05, 0) is 43.2 Å². The number of benzene rings is 2. The van der Waals surface area contributed by atoms with Crippen molar-refractivity contribution in [3.05, 3.63) is 65.9 Å². The maximum absolute atomic E-state index is 12.6. The van der Waals surface area contributed by atoms with Crippen molar-refractivity contribution >= 4 is 28.5 Å². The third-order valence-corrected chi connectivity index (χ3v) is 6.32. The van der Waals surface area contributed by atoms with E-state index in [2.05, 4.69) is 20.5 Å². The average molecular weight is 476 g/mol. The number of urea groups is 1. The fraction of sp³-hybridized carbons (Fsp3) is 0.370. The first-order valence-electron chi connectivity index (χ1n) is 12.1. The van der Waals surface area contributed by atoms with E-state index in [1.54, 1.807) is 7.11 Å². The zero-order chi connectivity index (χ0) is 24.6. The highest BCUT2D eigenvalue weighted by atomic mass is 16.5. The van der Waals surface area contributed by atoms with Gasteiger partial charge in [-0.25, -0.2) is 4.79 Å². The van der Waals surface area contributed by atoms with Gasteiger partial charge in [-0.15, -0.1) is 0 Å². The van der Waals surface area contributed by atoms with Crippen LogP contribution >= 0.6 is 0 Å². The van der Waals surface area contributed by atoms with E-state index in [1.807, 2.05) is 66.4 Å². The van der Waals surface area contributed by atoms with Gasteiger partial charge < -0.3 is 20.3 Å². The molecule has 2 N–H and O–H groups in total. The highest BCUT2D eigenvalue weighted by Crippen LogP contribution is 2.22. The number of nitrogens with zero attached hydrogens (tertiary/aromatic N) is 3. The van der Waals surface area contributed by atoms with Crippen molar-refractivity contribution in [3.63, 3.8) is 0 Å². The van der Waals surface area contributed by atoms with E-state index in [0.29, 0.717) is 13.0 Å². The molecule has 184 valence electrons. The Morgan fingerprint density at radius 3 is 2.51 bits per heavy atom. The van der Waals surface area contributed by atoms with E-state index >= 15 is 0 Å². The van der Waals surface area contributed by atoms with Crippen LogP contribution < -0.4 is 15.4 Å². The number of aryl methyl sites for hydroxylation is 2. The van der Waals surface area contributed by atoms with Gasteiger partial charge in [0.1, 0.15) is 5.75 Å². The number of methoxy groups -OCH3 is 1. The van der Waals surface area contributed by atoms with Crippen LogP contribution in [0.3, 0.4) is 0 Å². The van der Waals surface area contributed by atoms with Gasteiger partial charge >= 0.3 is 6.03 Å². The number of anilines is 1. The largest absolute Gasteiger partial charge is 0.497 e. The van der Waals surface area contributed by atoms with Crippen molar-refractivity contribution in [2.24, 2.45) is 0 Å². The molecule has 1 fully saturated rings. The zero-order valence-corrected chi connectivity index (χ0v) is 20.4. The summed E-state index contributed by atoms with van der Waals surface area (Å²) in [6.45, 7) is 6.26. The molecule has 1 aromatic heterocycles. The maximum Gasteiger partial charge on any atom is 0.319 e. The van der Waals surface area contributed by atoms with Gasteiger partial charge in [-0.3, -0.25) is 14.7 Å². The SMILES string of the molecule is COc1ccc(CCC(=O)N2CCN(CCNC(=O)Nc3cc(C)nc4ccccc34)CC2)cc1. The highest BCUT2D eigenvalue weighted by molar-refractivity contribution is 6.00. The molecule has 4 rings (SSSR count). The molecule has 0 aliphatic carbocycles. The molecule has 0 spiro atoms. The zero-order valence-electron chi connectivity index (χ0n) is 20.4. The topological polar surface area (TPSA) is 86.8 Å². The molecular weight excluding hydrogens is 442 g/mol. The standard InChI is InChI=1S/C27H33N5O3/c1-20-19-25(23-5-3-4-6-24(23)29-20)30-27(34)28-13-14-31-15-17-32(18-16-31)26(33)12-9-21-7-10-22(35-2)11-8-21/h3-8,10-11,19H,9,12-18H2,1-2H3,(H2,28,29,30,34). The molecule has 3 aromatic rings. The minimum atomic E-state index is -0.229. The van der Waals surface area contributed by atoms with Crippen LogP contribution in [-0.2, 0) is 11.2 Å². The first-order valence-corrected chi connectivity index (χ1v) is 12.1. The number of hydrogen-bond donors (Lipinski definition) is 2. The van der Waals surface area contributed by atoms with Gasteiger partial charge in [-0.2, -0.15) is 0 Å². The van der Waals surface area contributed by atoms with Crippen LogP contribution in [0.4, 0.5) is 10.5 Å². The number of pyridine rings is 1. The minimum absolute atomic E-state index is 0.192. The Labute approximate surface area is 206 Å². The lowest BCUT2D eigenvalue weighted by Gasteiger charge is -2.34. The number of para-hydroxylation sites is 1. The normalized spacial score (nSPS) is 14.1. The number of hydrogen-bond acceptors (Lipinski definition) is 5. The summed E-state index contributed by atoms with van der Waals surface area (Å²) in [4.78, 5) is 33.8. The smallest absolute Gasteiger partial charge is 0.319 e. The van der Waals surface area contributed by atoms with Gasteiger partial charge in [-0.1, -0.05) is 30.3 Å². The van der Waals surface area contributed by atoms with Crippen LogP contribution in [0.5, 0.6) is 5.75 Å². The monoisotopic (exact) mass is 475 g/mol. The lowest BCUT2D eigenvalue weighted by Crippen LogP contribution is -2.50. The number of rotatable bonds is 8. The predicted molar refractivity (Wildman–Crippen MR) is 138 cm³/mol. The predicted octanol–water partition coefficient (Wildman–Crippen LogP) is 3.45. The number of fused-ring (bicyclic) bond motifs is 1. The first-order chi connectivity index (χ1) is 17.0. The second-order valence-corrected chi connectivity index (χ2v) is 8.78. The molecule has 0 radical (unpaired) electrons. The fourth-order valence-corrected chi connectivity index (χ4v) is 4.33. The summed E-state index contributed by atoms with van der Waals surface area (Å²) in [5.41, 5.74) is 3.61. The third kappa shape index (κ3) is 6.70. The van der Waals surface area contributed by atoms with Gasteiger partial charge in [0.05, 0.1) is 18.3 Å². The molecule has 2 heterocycles. The van der Waals surface area contributed by atoms with Crippen LogP contribution in [0.25, 0.3) is 10.9 Å². The van der Waals surface area contributed by atoms with Crippen LogP contribution in [0.15, 0.2) is 54.6 Å². The molecule has 3 amide bonds. The molecule has 2 aromatic carbocycles. The van der Waals surface area contributed by atoms with Crippen LogP contribution in [0.1, 0.15) is 17.7 Å². The van der Waals surface area contributed by atoms with Crippen molar-refractivity contribution in [1.82, 2.24) is 20.1 Å². The van der Waals surface area contributed by atoms with Gasteiger partial charge in [0.2, 0.25) is 5.91 Å². The van der Waals surface area contributed by atoms with E-state index in [9.17, 15) is 9.59 Å². The van der Waals surface area contributed by atoms with Gasteiger partial charge in [0.15, 0.2) is 0 Å². The summed E-state index contributed by atoms with van der Waals surface area (Å²) >= 11 is 0. The Kier molecular flexibility index (Phi) is 8.15. The maximum atomic E-state index is 12.6. The third-order valence-electron chi connectivity index (χ3n) is 6.32. The summed E-state index contributed by atoms with van der Waals surface area (Å²) < 4.78 is 5.18. The quantitative estimate of drug-likeness (QED) is 0.521. The highest BCUT2D eigenvalue weighted by Gasteiger charge is 2.20. The lowest BCUT2D eigenvalue weighted by molar-refractivity contribution is -0.132. The minimum Gasteiger partial charge on any atom is -0.497 e. The molecule has 8 heteroatoms. The number of piperazine rings is 1. The van der Waals surface area contributed by atoms with Crippen molar-refractivity contribution in [2.75, 3.05) is 51.7 Å². The second kappa shape index (κ2) is 11.7. The fourth-order valence-electron chi connectivity index (χ4n) is 4.33. The molecular formula is C27H33N5O3. The van der Waals surface area contributed by atoms with E-state index in [0.717, 1.165) is 72.7 Å². The number of carbonyl (C=O) groups excluding carboxylic acids is 2. The Morgan fingerprint density at radius 2 is 1.77 bits per heavy atom. The molecule has 8 nitrogen and oxygen atoms in total. The summed E-state index contributed by atoms with van der Waals surface area (Å²) in [5, 5.41) is 6.81. The molecule has 1 aliphatic heterocycles. The van der Waals surface area contributed by atoms with Crippen molar-refractivity contribution in [3.8, 4) is 5.75 Å². The number of carbonyl (C=O) groups is 2. The molecule has 0 atom stereocenters. The Bertz CT molecular complexity index is 1160. The van der Waals surface area contributed by atoms with Crippen molar-refractivity contribution < 1.29 is 14.3 Å². The molecule has 1 aliphatic rings. The van der Waals surface area contributed by atoms with Crippen LogP contribution in [0.2, 0.25) is 0 Å². The number of ether oxygens (including phenoxy) is 1. The molecule has 0 unspecified atom stereocenters. The summed E-state index contributed by atoms with van der Waals surface area (Å²) in [7, 11) is 1.65. The van der Waals surface area contributed by atoms with E-state index in [-0.39, 0.29) is 11.9 Å². The van der Waals surface area contributed by atoms with Crippen LogP contribution in [-0.4, -0.2) is 73.1 Å². The van der Waals surface area contributed by atoms with E-state index in [4.69, 9.17) is 4.74 Å². The summed E-state index contributed by atoms with van der Waals surface area (Å²) in [6, 6.07) is 17.3. The summed E-state index contributed by atoms with van der Waals surface area (Å²) in [5.74, 6) is 1.02. The van der Waals surface area contributed by atoms with Crippen molar-refractivity contribution in [2.45, 2.75) is 19.8 Å². The Morgan fingerprint density at radius 1 is 1.03 bits per heavy atom. The molecule has 0 saturated carbocycles. The first kappa shape index (κ1) is 24.5. The van der Waals surface area contributed by atoms with Crippen molar-refractivity contribution in [1.29, 1.82) is 0 Å². The Balaban J connectivity index is 1.16. The van der Waals surface area contributed by atoms with E-state index in [1.165, 1.54) is 0 Å². The molecule has 35 heavy (non-hydrogen) atoms. The lowest BCUT2D eigenvalue weighted by atomic mass is 10.1. The summed E-state index contributed by atoms with van der Waals surface area (Å²) in [6.07, 6.45) is 1.24. The second-order valence-electron chi connectivity index (χ2n) is 8.78. The van der Waals surface area contributed by atoms with E-state index < -0.39 is 0 Å². The molecule has 0 bridgehead atoms. The average Bonchev–Trinajstić information content (AvgIpc) is 2.88.